The maximum absolute atomic E-state index is 12.0. The molecule has 4 heteroatoms. The molecule has 122 valence electrons. The van der Waals surface area contributed by atoms with Gasteiger partial charge in [0.2, 0.25) is 5.91 Å². The van der Waals surface area contributed by atoms with Crippen LogP contribution in [-0.2, 0) is 4.79 Å². The molecule has 2 rings (SSSR count). The average Bonchev–Trinajstić information content (AvgIpc) is 2.74. The highest BCUT2D eigenvalue weighted by molar-refractivity contribution is 9.10. The van der Waals surface area contributed by atoms with E-state index in [1.165, 1.54) is 31.2 Å². The van der Waals surface area contributed by atoms with E-state index < -0.39 is 0 Å². The lowest BCUT2D eigenvalue weighted by Crippen LogP contribution is -2.34. The number of carbonyl (C=O) groups excluding carboxylic acids is 1. The molecule has 1 N–H and O–H groups in total. The van der Waals surface area contributed by atoms with E-state index in [4.69, 9.17) is 4.74 Å². The molecule has 0 heterocycles. The molecule has 1 aliphatic carbocycles. The molecule has 1 aromatic rings. The van der Waals surface area contributed by atoms with Crippen LogP contribution in [0.5, 0.6) is 5.75 Å². The Bertz CT molecular complexity index is 482. The SMILES string of the molecule is Cc1ccc(OCCCC(=O)NC2CCCCCC2)c(Br)c1. The maximum Gasteiger partial charge on any atom is 0.220 e. The Morgan fingerprint density at radius 3 is 2.68 bits per heavy atom. The van der Waals surface area contributed by atoms with Crippen molar-refractivity contribution in [2.45, 2.75) is 64.3 Å². The molecule has 1 aliphatic rings. The first-order chi connectivity index (χ1) is 10.6. The van der Waals surface area contributed by atoms with Gasteiger partial charge in [0.25, 0.3) is 0 Å². The van der Waals surface area contributed by atoms with E-state index in [0.29, 0.717) is 19.1 Å². The summed E-state index contributed by atoms with van der Waals surface area (Å²) in [4.78, 5) is 12.0. The largest absolute Gasteiger partial charge is 0.492 e. The molecule has 0 aromatic heterocycles. The number of ether oxygens (including phenoxy) is 1. The van der Waals surface area contributed by atoms with Crippen LogP contribution in [0.3, 0.4) is 0 Å². The third kappa shape index (κ3) is 5.99. The van der Waals surface area contributed by atoms with Gasteiger partial charge < -0.3 is 10.1 Å². The van der Waals surface area contributed by atoms with Gasteiger partial charge in [-0.05, 0) is 59.8 Å². The van der Waals surface area contributed by atoms with E-state index in [1.54, 1.807) is 0 Å². The fourth-order valence-corrected chi connectivity index (χ4v) is 3.47. The highest BCUT2D eigenvalue weighted by Gasteiger charge is 2.14. The molecular weight excluding hydrogens is 342 g/mol. The summed E-state index contributed by atoms with van der Waals surface area (Å²) >= 11 is 3.50. The summed E-state index contributed by atoms with van der Waals surface area (Å²) in [6.45, 7) is 2.62. The van der Waals surface area contributed by atoms with Crippen LogP contribution in [0.1, 0.15) is 56.9 Å². The number of carbonyl (C=O) groups is 1. The molecule has 1 amide bonds. The molecule has 1 aromatic carbocycles. The van der Waals surface area contributed by atoms with Crippen LogP contribution in [0.4, 0.5) is 0 Å². The van der Waals surface area contributed by atoms with Crippen molar-refractivity contribution in [2.75, 3.05) is 6.61 Å². The topological polar surface area (TPSA) is 38.3 Å². The molecule has 0 radical (unpaired) electrons. The third-order valence-electron chi connectivity index (χ3n) is 4.11. The van der Waals surface area contributed by atoms with Gasteiger partial charge in [-0.2, -0.15) is 0 Å². The third-order valence-corrected chi connectivity index (χ3v) is 4.73. The van der Waals surface area contributed by atoms with Gasteiger partial charge in [0.1, 0.15) is 5.75 Å². The normalized spacial score (nSPS) is 16.1. The Morgan fingerprint density at radius 2 is 2.00 bits per heavy atom. The van der Waals surface area contributed by atoms with E-state index in [2.05, 4.69) is 21.2 Å². The van der Waals surface area contributed by atoms with Gasteiger partial charge in [0.15, 0.2) is 0 Å². The minimum atomic E-state index is 0.165. The Morgan fingerprint density at radius 1 is 1.27 bits per heavy atom. The number of hydrogen-bond donors (Lipinski definition) is 1. The van der Waals surface area contributed by atoms with Crippen LogP contribution < -0.4 is 10.1 Å². The van der Waals surface area contributed by atoms with Crippen molar-refractivity contribution in [2.24, 2.45) is 0 Å². The van der Waals surface area contributed by atoms with Crippen LogP contribution in [0.15, 0.2) is 22.7 Å². The zero-order valence-corrected chi connectivity index (χ0v) is 15.0. The molecule has 0 bridgehead atoms. The van der Waals surface area contributed by atoms with Crippen molar-refractivity contribution in [3.05, 3.63) is 28.2 Å². The zero-order valence-electron chi connectivity index (χ0n) is 13.4. The zero-order chi connectivity index (χ0) is 15.8. The smallest absolute Gasteiger partial charge is 0.220 e. The molecule has 0 aliphatic heterocycles. The van der Waals surface area contributed by atoms with Crippen molar-refractivity contribution in [1.82, 2.24) is 5.32 Å². The second-order valence-electron chi connectivity index (χ2n) is 6.14. The molecule has 1 fully saturated rings. The number of hydrogen-bond acceptors (Lipinski definition) is 2. The predicted molar refractivity (Wildman–Crippen MR) is 93.2 cm³/mol. The Hall–Kier alpha value is -1.03. The van der Waals surface area contributed by atoms with Crippen LogP contribution in [0.2, 0.25) is 0 Å². The highest BCUT2D eigenvalue weighted by Crippen LogP contribution is 2.25. The maximum atomic E-state index is 12.0. The molecule has 1 saturated carbocycles. The van der Waals surface area contributed by atoms with E-state index >= 15 is 0 Å². The standard InChI is InChI=1S/C18H26BrNO2/c1-14-10-11-17(16(19)13-14)22-12-6-9-18(21)20-15-7-4-2-3-5-8-15/h10-11,13,15H,2-9,12H2,1H3,(H,20,21). The Balaban J connectivity index is 1.64. The van der Waals surface area contributed by atoms with Gasteiger partial charge in [0, 0.05) is 12.5 Å². The fourth-order valence-electron chi connectivity index (χ4n) is 2.86. The minimum Gasteiger partial charge on any atom is -0.492 e. The minimum absolute atomic E-state index is 0.165. The van der Waals surface area contributed by atoms with Crippen molar-refractivity contribution in [1.29, 1.82) is 0 Å². The van der Waals surface area contributed by atoms with Gasteiger partial charge in [-0.1, -0.05) is 31.7 Å². The molecule has 0 unspecified atom stereocenters. The van der Waals surface area contributed by atoms with Crippen molar-refractivity contribution in [3.8, 4) is 5.75 Å². The highest BCUT2D eigenvalue weighted by atomic mass is 79.9. The Kier molecular flexibility index (Phi) is 7.23. The first-order valence-corrected chi connectivity index (χ1v) is 9.13. The van der Waals surface area contributed by atoms with E-state index in [1.807, 2.05) is 25.1 Å². The van der Waals surface area contributed by atoms with Gasteiger partial charge in [-0.3, -0.25) is 4.79 Å². The number of benzene rings is 1. The lowest BCUT2D eigenvalue weighted by Gasteiger charge is -2.16. The van der Waals surface area contributed by atoms with Gasteiger partial charge in [-0.15, -0.1) is 0 Å². The predicted octanol–water partition coefficient (Wildman–Crippen LogP) is 4.76. The van der Waals surface area contributed by atoms with E-state index in [-0.39, 0.29) is 5.91 Å². The van der Waals surface area contributed by atoms with Crippen molar-refractivity contribution in [3.63, 3.8) is 0 Å². The summed E-state index contributed by atoms with van der Waals surface area (Å²) in [5.41, 5.74) is 1.20. The number of halogens is 1. The van der Waals surface area contributed by atoms with E-state index in [9.17, 15) is 4.79 Å². The summed E-state index contributed by atoms with van der Waals surface area (Å²) in [5, 5.41) is 3.17. The van der Waals surface area contributed by atoms with Gasteiger partial charge in [-0.25, -0.2) is 0 Å². The number of amides is 1. The summed E-state index contributed by atoms with van der Waals surface area (Å²) in [6, 6.07) is 6.42. The molecule has 0 spiro atoms. The molecule has 0 atom stereocenters. The van der Waals surface area contributed by atoms with E-state index in [0.717, 1.165) is 29.5 Å². The number of rotatable bonds is 6. The fraction of sp³-hybridized carbons (Fsp3) is 0.611. The first-order valence-electron chi connectivity index (χ1n) is 8.33. The first kappa shape index (κ1) is 17.3. The molecule has 22 heavy (non-hydrogen) atoms. The quantitative estimate of drug-likeness (QED) is 0.581. The summed E-state index contributed by atoms with van der Waals surface area (Å²) in [7, 11) is 0. The van der Waals surface area contributed by atoms with Gasteiger partial charge in [0.05, 0.1) is 11.1 Å². The van der Waals surface area contributed by atoms with Crippen LogP contribution in [0.25, 0.3) is 0 Å². The second-order valence-corrected chi connectivity index (χ2v) is 7.00. The van der Waals surface area contributed by atoms with Crippen molar-refractivity contribution < 1.29 is 9.53 Å². The number of nitrogens with one attached hydrogen (secondary N) is 1. The van der Waals surface area contributed by atoms with Crippen LogP contribution in [0, 0.1) is 6.92 Å². The lowest BCUT2D eigenvalue weighted by atomic mass is 10.1. The molecule has 3 nitrogen and oxygen atoms in total. The van der Waals surface area contributed by atoms with Gasteiger partial charge >= 0.3 is 0 Å². The molecule has 0 saturated heterocycles. The monoisotopic (exact) mass is 367 g/mol. The lowest BCUT2D eigenvalue weighted by molar-refractivity contribution is -0.122. The molecular formula is C18H26BrNO2. The Labute approximate surface area is 141 Å². The average molecular weight is 368 g/mol. The summed E-state index contributed by atoms with van der Waals surface area (Å²) in [6.07, 6.45) is 8.68. The van der Waals surface area contributed by atoms with Crippen molar-refractivity contribution >= 4 is 21.8 Å². The van der Waals surface area contributed by atoms with Crippen LogP contribution in [-0.4, -0.2) is 18.6 Å². The summed E-state index contributed by atoms with van der Waals surface area (Å²) in [5.74, 6) is 1.01. The summed E-state index contributed by atoms with van der Waals surface area (Å²) < 4.78 is 6.69. The van der Waals surface area contributed by atoms with Crippen LogP contribution >= 0.6 is 15.9 Å². The second kappa shape index (κ2) is 9.19. The number of aryl methyl sites for hydroxylation is 1.